The second-order valence-electron chi connectivity index (χ2n) is 9.80. The van der Waals surface area contributed by atoms with Gasteiger partial charge in [-0.25, -0.2) is 0 Å². The summed E-state index contributed by atoms with van der Waals surface area (Å²) in [7, 11) is 0. The first-order chi connectivity index (χ1) is 18.2. The highest BCUT2D eigenvalue weighted by molar-refractivity contribution is 5.94. The Morgan fingerprint density at radius 1 is 0.649 bits per heavy atom. The van der Waals surface area contributed by atoms with Gasteiger partial charge in [0.25, 0.3) is 5.91 Å². The maximum absolute atomic E-state index is 12.6. The molecule has 4 heteroatoms. The van der Waals surface area contributed by atoms with Gasteiger partial charge in [0.05, 0.1) is 0 Å². The molecule has 0 bridgehead atoms. The lowest BCUT2D eigenvalue weighted by Gasteiger charge is -2.09. The summed E-state index contributed by atoms with van der Waals surface area (Å²) in [6.07, 6.45) is 13.0. The van der Waals surface area contributed by atoms with Crippen molar-refractivity contribution in [1.82, 2.24) is 10.6 Å². The lowest BCUT2D eigenvalue weighted by Crippen LogP contribution is -2.24. The number of carbonyl (C=O) groups excluding carboxylic acids is 1. The van der Waals surface area contributed by atoms with Crippen molar-refractivity contribution in [1.29, 1.82) is 0 Å². The van der Waals surface area contributed by atoms with Gasteiger partial charge in [-0.15, -0.1) is 0 Å². The highest BCUT2D eigenvalue weighted by atomic mass is 16.5. The number of rotatable bonds is 18. The smallest absolute Gasteiger partial charge is 0.251 e. The number of carbonyl (C=O) groups is 1. The second kappa shape index (κ2) is 17.4. The van der Waals surface area contributed by atoms with E-state index in [1.807, 2.05) is 60.7 Å². The van der Waals surface area contributed by atoms with E-state index in [0.717, 1.165) is 42.1 Å². The standard InChI is InChI=1S/C33H44N2O2/c1-2-3-4-5-6-7-8-9-10-14-24-35-33(36)30-17-15-16-29(25-30)27-34-26-28-20-22-32(23-21-28)37-31-18-12-11-13-19-31/h11-13,15-23,25,34H,2-10,14,24,26-27H2,1H3,(H,35,36). The Hall–Kier alpha value is -3.11. The van der Waals surface area contributed by atoms with Crippen LogP contribution in [0, 0.1) is 0 Å². The van der Waals surface area contributed by atoms with Gasteiger partial charge in [-0.3, -0.25) is 4.79 Å². The molecule has 0 aromatic heterocycles. The predicted octanol–water partition coefficient (Wildman–Crippen LogP) is 8.42. The molecular weight excluding hydrogens is 456 g/mol. The third kappa shape index (κ3) is 11.7. The molecule has 198 valence electrons. The van der Waals surface area contributed by atoms with Crippen LogP contribution in [0.2, 0.25) is 0 Å². The van der Waals surface area contributed by atoms with Crippen molar-refractivity contribution < 1.29 is 9.53 Å². The van der Waals surface area contributed by atoms with Gasteiger partial charge in [-0.1, -0.05) is 107 Å². The van der Waals surface area contributed by atoms with Crippen LogP contribution in [0.1, 0.15) is 92.6 Å². The van der Waals surface area contributed by atoms with Crippen LogP contribution in [0.25, 0.3) is 0 Å². The van der Waals surface area contributed by atoms with Gasteiger partial charge in [-0.2, -0.15) is 0 Å². The zero-order valence-electron chi connectivity index (χ0n) is 22.5. The SMILES string of the molecule is CCCCCCCCCCCCNC(=O)c1cccc(CNCc2ccc(Oc3ccccc3)cc2)c1. The van der Waals surface area contributed by atoms with Crippen LogP contribution in [-0.4, -0.2) is 12.5 Å². The summed E-state index contributed by atoms with van der Waals surface area (Å²) in [5, 5.41) is 6.56. The molecule has 0 heterocycles. The fourth-order valence-corrected chi connectivity index (χ4v) is 4.39. The van der Waals surface area contributed by atoms with E-state index >= 15 is 0 Å². The third-order valence-corrected chi connectivity index (χ3v) is 6.57. The number of hydrogen-bond donors (Lipinski definition) is 2. The van der Waals surface area contributed by atoms with E-state index < -0.39 is 0 Å². The van der Waals surface area contributed by atoms with Crippen LogP contribution in [0.4, 0.5) is 0 Å². The zero-order chi connectivity index (χ0) is 26.0. The van der Waals surface area contributed by atoms with Crippen molar-refractivity contribution in [2.45, 2.75) is 84.2 Å². The molecule has 0 aliphatic rings. The second-order valence-corrected chi connectivity index (χ2v) is 9.80. The van der Waals surface area contributed by atoms with E-state index in [1.165, 1.54) is 63.4 Å². The van der Waals surface area contributed by atoms with E-state index in [4.69, 9.17) is 4.74 Å². The van der Waals surface area contributed by atoms with Crippen LogP contribution in [-0.2, 0) is 13.1 Å². The summed E-state index contributed by atoms with van der Waals surface area (Å²) >= 11 is 0. The summed E-state index contributed by atoms with van der Waals surface area (Å²) < 4.78 is 5.86. The largest absolute Gasteiger partial charge is 0.457 e. The monoisotopic (exact) mass is 500 g/mol. The molecule has 3 aromatic carbocycles. The molecule has 0 aliphatic heterocycles. The van der Waals surface area contributed by atoms with Gasteiger partial charge in [0.1, 0.15) is 11.5 Å². The molecule has 3 rings (SSSR count). The van der Waals surface area contributed by atoms with Gasteiger partial charge in [-0.05, 0) is 53.9 Å². The molecule has 2 N–H and O–H groups in total. The average Bonchev–Trinajstić information content (AvgIpc) is 2.93. The molecule has 37 heavy (non-hydrogen) atoms. The summed E-state index contributed by atoms with van der Waals surface area (Å²) in [5.41, 5.74) is 3.02. The van der Waals surface area contributed by atoms with E-state index in [0.29, 0.717) is 6.54 Å². The molecule has 0 saturated carbocycles. The molecule has 0 fully saturated rings. The summed E-state index contributed by atoms with van der Waals surface area (Å²) in [4.78, 5) is 12.6. The minimum atomic E-state index is 0.0202. The van der Waals surface area contributed by atoms with E-state index in [-0.39, 0.29) is 5.91 Å². The maximum Gasteiger partial charge on any atom is 0.251 e. The quantitative estimate of drug-likeness (QED) is 0.172. The first-order valence-electron chi connectivity index (χ1n) is 14.1. The molecule has 0 atom stereocenters. The Morgan fingerprint density at radius 3 is 1.97 bits per heavy atom. The lowest BCUT2D eigenvalue weighted by molar-refractivity contribution is 0.0953. The molecule has 4 nitrogen and oxygen atoms in total. The van der Waals surface area contributed by atoms with Crippen molar-refractivity contribution in [3.05, 3.63) is 95.6 Å². The summed E-state index contributed by atoms with van der Waals surface area (Å²) in [5.74, 6) is 1.68. The number of amides is 1. The first-order valence-corrected chi connectivity index (χ1v) is 14.1. The number of ether oxygens (including phenoxy) is 1. The fraction of sp³-hybridized carbons (Fsp3) is 0.424. The van der Waals surface area contributed by atoms with Crippen LogP contribution >= 0.6 is 0 Å². The Labute approximate surface area is 223 Å². The van der Waals surface area contributed by atoms with Crippen molar-refractivity contribution in [3.63, 3.8) is 0 Å². The predicted molar refractivity (Wildman–Crippen MR) is 154 cm³/mol. The number of hydrogen-bond acceptors (Lipinski definition) is 3. The molecule has 0 spiro atoms. The Balaban J connectivity index is 1.29. The Kier molecular flexibility index (Phi) is 13.4. The number of unbranched alkanes of at least 4 members (excludes halogenated alkanes) is 9. The normalized spacial score (nSPS) is 10.8. The third-order valence-electron chi connectivity index (χ3n) is 6.57. The van der Waals surface area contributed by atoms with Crippen LogP contribution in [0.5, 0.6) is 11.5 Å². The van der Waals surface area contributed by atoms with Crippen molar-refractivity contribution in [2.75, 3.05) is 6.54 Å². The van der Waals surface area contributed by atoms with Gasteiger partial charge in [0.2, 0.25) is 0 Å². The van der Waals surface area contributed by atoms with Crippen molar-refractivity contribution in [3.8, 4) is 11.5 Å². The minimum absolute atomic E-state index is 0.0202. The van der Waals surface area contributed by atoms with Crippen LogP contribution in [0.15, 0.2) is 78.9 Å². The number of benzene rings is 3. The van der Waals surface area contributed by atoms with Crippen molar-refractivity contribution >= 4 is 5.91 Å². The molecule has 0 unspecified atom stereocenters. The van der Waals surface area contributed by atoms with Gasteiger partial charge in [0, 0.05) is 25.2 Å². The van der Waals surface area contributed by atoms with Crippen LogP contribution in [0.3, 0.4) is 0 Å². The van der Waals surface area contributed by atoms with E-state index in [1.54, 1.807) is 0 Å². The van der Waals surface area contributed by atoms with Gasteiger partial charge >= 0.3 is 0 Å². The van der Waals surface area contributed by atoms with Crippen molar-refractivity contribution in [2.24, 2.45) is 0 Å². The lowest BCUT2D eigenvalue weighted by atomic mass is 10.1. The average molecular weight is 501 g/mol. The maximum atomic E-state index is 12.6. The molecule has 0 aliphatic carbocycles. The van der Waals surface area contributed by atoms with E-state index in [2.05, 4.69) is 35.8 Å². The highest BCUT2D eigenvalue weighted by Crippen LogP contribution is 2.21. The minimum Gasteiger partial charge on any atom is -0.457 e. The number of para-hydroxylation sites is 1. The summed E-state index contributed by atoms with van der Waals surface area (Å²) in [6, 6.07) is 25.8. The first kappa shape index (κ1) is 28.5. The summed E-state index contributed by atoms with van der Waals surface area (Å²) in [6.45, 7) is 4.48. The number of nitrogens with one attached hydrogen (secondary N) is 2. The Bertz CT molecular complexity index is 1020. The molecule has 0 saturated heterocycles. The van der Waals surface area contributed by atoms with Gasteiger partial charge in [0.15, 0.2) is 0 Å². The topological polar surface area (TPSA) is 50.4 Å². The van der Waals surface area contributed by atoms with E-state index in [9.17, 15) is 4.79 Å². The fourth-order valence-electron chi connectivity index (χ4n) is 4.39. The molecular formula is C33H44N2O2. The zero-order valence-corrected chi connectivity index (χ0v) is 22.5. The molecule has 3 aromatic rings. The Morgan fingerprint density at radius 2 is 1.27 bits per heavy atom. The molecule has 1 amide bonds. The van der Waals surface area contributed by atoms with Gasteiger partial charge < -0.3 is 15.4 Å². The molecule has 0 radical (unpaired) electrons. The van der Waals surface area contributed by atoms with Crippen LogP contribution < -0.4 is 15.4 Å². The highest BCUT2D eigenvalue weighted by Gasteiger charge is 2.06.